The van der Waals surface area contributed by atoms with Gasteiger partial charge in [0.15, 0.2) is 0 Å². The third kappa shape index (κ3) is 2.36. The molecule has 2 N–H and O–H groups in total. The van der Waals surface area contributed by atoms with Crippen molar-refractivity contribution in [1.82, 2.24) is 4.98 Å². The van der Waals surface area contributed by atoms with Gasteiger partial charge in [-0.3, -0.25) is 4.79 Å². The zero-order valence-electron chi connectivity index (χ0n) is 10.1. The quantitative estimate of drug-likeness (QED) is 0.497. The van der Waals surface area contributed by atoms with E-state index < -0.39 is 0 Å². The highest BCUT2D eigenvalue weighted by molar-refractivity contribution is 5.97. The first-order chi connectivity index (χ1) is 8.61. The molecule has 1 aliphatic rings. The molecule has 0 aliphatic carbocycles. The first kappa shape index (κ1) is 12.2. The molecule has 1 saturated heterocycles. The van der Waals surface area contributed by atoms with Gasteiger partial charge in [0.2, 0.25) is 5.91 Å². The Bertz CT molecular complexity index is 522. The minimum absolute atomic E-state index is 0.00880. The van der Waals surface area contributed by atoms with E-state index in [9.17, 15) is 4.79 Å². The summed E-state index contributed by atoms with van der Waals surface area (Å²) in [6.07, 6.45) is 0.381. The van der Waals surface area contributed by atoms with Gasteiger partial charge in [0, 0.05) is 30.1 Å². The van der Waals surface area contributed by atoms with Crippen LogP contribution in [0.2, 0.25) is 0 Å². The van der Waals surface area contributed by atoms with Crippen molar-refractivity contribution in [2.45, 2.75) is 13.3 Å². The SMILES string of the molecule is Cc1ccc(N2CC(CN=[N+]=[N-])CC2=O)c(N)n1. The highest BCUT2D eigenvalue weighted by atomic mass is 16.2. The molecule has 0 bridgehead atoms. The van der Waals surface area contributed by atoms with E-state index in [0.29, 0.717) is 31.0 Å². The molecule has 1 aromatic rings. The van der Waals surface area contributed by atoms with E-state index in [1.165, 1.54) is 0 Å². The number of amides is 1. The van der Waals surface area contributed by atoms with Crippen LogP contribution in [0.1, 0.15) is 12.1 Å². The molecule has 1 atom stereocenters. The molecule has 0 spiro atoms. The van der Waals surface area contributed by atoms with Crippen LogP contribution in [0.25, 0.3) is 10.4 Å². The van der Waals surface area contributed by atoms with E-state index in [0.717, 1.165) is 5.69 Å². The summed E-state index contributed by atoms with van der Waals surface area (Å²) in [6.45, 7) is 2.70. The minimum Gasteiger partial charge on any atom is -0.382 e. The number of azide groups is 1. The van der Waals surface area contributed by atoms with Gasteiger partial charge in [-0.05, 0) is 30.5 Å². The lowest BCUT2D eigenvalue weighted by atomic mass is 10.1. The maximum Gasteiger partial charge on any atom is 0.227 e. The van der Waals surface area contributed by atoms with Crippen molar-refractivity contribution in [3.8, 4) is 0 Å². The molecule has 7 nitrogen and oxygen atoms in total. The second kappa shape index (κ2) is 4.93. The molecule has 1 aliphatic heterocycles. The number of carbonyl (C=O) groups is 1. The standard InChI is InChI=1S/C11H14N6O/c1-7-2-3-9(11(12)15-7)17-6-8(4-10(17)18)5-14-16-13/h2-3,8H,4-6H2,1H3,(H2,12,15). The maximum absolute atomic E-state index is 11.9. The van der Waals surface area contributed by atoms with Crippen LogP contribution >= 0.6 is 0 Å². The number of pyridine rings is 1. The molecule has 1 fully saturated rings. The topological polar surface area (TPSA) is 108 Å². The number of hydrogen-bond donors (Lipinski definition) is 1. The van der Waals surface area contributed by atoms with E-state index >= 15 is 0 Å². The Hall–Kier alpha value is -2.27. The number of aryl methyl sites for hydroxylation is 1. The lowest BCUT2D eigenvalue weighted by molar-refractivity contribution is -0.117. The van der Waals surface area contributed by atoms with E-state index in [2.05, 4.69) is 15.0 Å². The summed E-state index contributed by atoms with van der Waals surface area (Å²) in [5.41, 5.74) is 15.5. The molecule has 7 heteroatoms. The van der Waals surface area contributed by atoms with E-state index in [4.69, 9.17) is 11.3 Å². The van der Waals surface area contributed by atoms with Crippen LogP contribution in [0.3, 0.4) is 0 Å². The monoisotopic (exact) mass is 246 g/mol. The maximum atomic E-state index is 11.9. The molecule has 94 valence electrons. The molecule has 2 rings (SSSR count). The van der Waals surface area contributed by atoms with Crippen molar-refractivity contribution >= 4 is 17.4 Å². The van der Waals surface area contributed by atoms with Crippen LogP contribution in [0.15, 0.2) is 17.2 Å². The number of nitrogens with two attached hydrogens (primary N) is 1. The van der Waals surface area contributed by atoms with Crippen molar-refractivity contribution in [2.75, 3.05) is 23.7 Å². The smallest absolute Gasteiger partial charge is 0.227 e. The Morgan fingerprint density at radius 1 is 1.67 bits per heavy atom. The normalized spacial score (nSPS) is 18.8. The first-order valence-corrected chi connectivity index (χ1v) is 5.66. The Kier molecular flexibility index (Phi) is 3.34. The Balaban J connectivity index is 2.18. The van der Waals surface area contributed by atoms with Gasteiger partial charge in [-0.1, -0.05) is 5.11 Å². The highest BCUT2D eigenvalue weighted by Gasteiger charge is 2.31. The van der Waals surface area contributed by atoms with Crippen LogP contribution in [0.5, 0.6) is 0 Å². The van der Waals surface area contributed by atoms with Crippen LogP contribution in [-0.4, -0.2) is 24.0 Å². The van der Waals surface area contributed by atoms with Crippen LogP contribution < -0.4 is 10.6 Å². The predicted molar refractivity (Wildman–Crippen MR) is 67.9 cm³/mol. The molecule has 0 radical (unpaired) electrons. The molecular formula is C11H14N6O. The fraction of sp³-hybridized carbons (Fsp3) is 0.455. The van der Waals surface area contributed by atoms with E-state index in [1.807, 2.05) is 13.0 Å². The minimum atomic E-state index is -0.00880. The molecule has 0 aromatic carbocycles. The Morgan fingerprint density at radius 3 is 3.11 bits per heavy atom. The number of rotatable bonds is 3. The van der Waals surface area contributed by atoms with Gasteiger partial charge in [0.25, 0.3) is 0 Å². The summed E-state index contributed by atoms with van der Waals surface area (Å²) in [5, 5.41) is 3.51. The number of carbonyl (C=O) groups excluding carboxylic acids is 1. The average molecular weight is 246 g/mol. The molecule has 0 saturated carbocycles. The molecule has 1 aromatic heterocycles. The van der Waals surface area contributed by atoms with Crippen LogP contribution in [-0.2, 0) is 4.79 Å². The second-order valence-electron chi connectivity index (χ2n) is 4.34. The zero-order chi connectivity index (χ0) is 13.1. The number of nitrogens with zero attached hydrogens (tertiary/aromatic N) is 5. The summed E-state index contributed by atoms with van der Waals surface area (Å²) in [6, 6.07) is 3.62. The molecule has 1 amide bonds. The lowest BCUT2D eigenvalue weighted by Gasteiger charge is -2.18. The van der Waals surface area contributed by atoms with Gasteiger partial charge in [-0.2, -0.15) is 0 Å². The third-order valence-corrected chi connectivity index (χ3v) is 2.94. The Morgan fingerprint density at radius 2 is 2.44 bits per heavy atom. The van der Waals surface area contributed by atoms with Gasteiger partial charge < -0.3 is 10.6 Å². The molecule has 1 unspecified atom stereocenters. The number of anilines is 2. The summed E-state index contributed by atoms with van der Waals surface area (Å²) in [4.78, 5) is 20.4. The highest BCUT2D eigenvalue weighted by Crippen LogP contribution is 2.28. The molecular weight excluding hydrogens is 232 g/mol. The van der Waals surface area contributed by atoms with Crippen molar-refractivity contribution < 1.29 is 4.79 Å². The summed E-state index contributed by atoms with van der Waals surface area (Å²) < 4.78 is 0. The van der Waals surface area contributed by atoms with Gasteiger partial charge in [-0.25, -0.2) is 4.98 Å². The first-order valence-electron chi connectivity index (χ1n) is 5.66. The van der Waals surface area contributed by atoms with E-state index in [1.54, 1.807) is 11.0 Å². The molecule has 2 heterocycles. The summed E-state index contributed by atoms with van der Waals surface area (Å²) >= 11 is 0. The van der Waals surface area contributed by atoms with Gasteiger partial charge >= 0.3 is 0 Å². The lowest BCUT2D eigenvalue weighted by Crippen LogP contribution is -2.26. The van der Waals surface area contributed by atoms with Gasteiger partial charge in [0.05, 0.1) is 5.69 Å². The molecule has 18 heavy (non-hydrogen) atoms. The second-order valence-corrected chi connectivity index (χ2v) is 4.34. The number of nitrogen functional groups attached to an aromatic ring is 1. The fourth-order valence-corrected chi connectivity index (χ4v) is 2.09. The van der Waals surface area contributed by atoms with Crippen molar-refractivity contribution in [3.63, 3.8) is 0 Å². The predicted octanol–water partition coefficient (Wildman–Crippen LogP) is 1.64. The van der Waals surface area contributed by atoms with Crippen molar-refractivity contribution in [2.24, 2.45) is 11.0 Å². The zero-order valence-corrected chi connectivity index (χ0v) is 10.1. The largest absolute Gasteiger partial charge is 0.382 e. The van der Waals surface area contributed by atoms with Crippen LogP contribution in [0.4, 0.5) is 11.5 Å². The van der Waals surface area contributed by atoms with E-state index in [-0.39, 0.29) is 11.8 Å². The average Bonchev–Trinajstić information content (AvgIpc) is 2.68. The Labute approximate surface area is 104 Å². The van der Waals surface area contributed by atoms with Gasteiger partial charge in [0.1, 0.15) is 5.82 Å². The summed E-state index contributed by atoms with van der Waals surface area (Å²) in [7, 11) is 0. The fourth-order valence-electron chi connectivity index (χ4n) is 2.09. The number of hydrogen-bond acceptors (Lipinski definition) is 4. The van der Waals surface area contributed by atoms with Gasteiger partial charge in [-0.15, -0.1) is 0 Å². The third-order valence-electron chi connectivity index (χ3n) is 2.94. The summed E-state index contributed by atoms with van der Waals surface area (Å²) in [5.74, 6) is 0.396. The van der Waals surface area contributed by atoms with Crippen molar-refractivity contribution in [3.05, 3.63) is 28.3 Å². The number of aromatic nitrogens is 1. The van der Waals surface area contributed by atoms with Crippen molar-refractivity contribution in [1.29, 1.82) is 0 Å². The van der Waals surface area contributed by atoms with Crippen LogP contribution in [0, 0.1) is 12.8 Å².